The minimum atomic E-state index is 0.630. The Kier molecular flexibility index (Phi) is 7.29. The highest BCUT2D eigenvalue weighted by Crippen LogP contribution is 2.01. The van der Waals surface area contributed by atoms with Crippen LogP contribution in [0.3, 0.4) is 0 Å². The summed E-state index contributed by atoms with van der Waals surface area (Å²) < 4.78 is 0. The fourth-order valence-corrected chi connectivity index (χ4v) is 1.32. The predicted molar refractivity (Wildman–Crippen MR) is 60.1 cm³/mol. The monoisotopic (exact) mass is 186 g/mol. The molecule has 80 valence electrons. The number of nitrogens with zero attached hydrogens (tertiary/aromatic N) is 1. The molecule has 2 heteroatoms. The molecule has 0 spiro atoms. The molecule has 1 N–H and O–H groups in total. The van der Waals surface area contributed by atoms with E-state index in [2.05, 4.69) is 45.1 Å². The summed E-state index contributed by atoms with van der Waals surface area (Å²) in [4.78, 5) is 2.26. The van der Waals surface area contributed by atoms with Crippen molar-refractivity contribution in [3.05, 3.63) is 0 Å². The van der Waals surface area contributed by atoms with Gasteiger partial charge in [-0.15, -0.1) is 0 Å². The Morgan fingerprint density at radius 2 is 1.85 bits per heavy atom. The number of hydrogen-bond donors (Lipinski definition) is 1. The van der Waals surface area contributed by atoms with E-state index in [-0.39, 0.29) is 0 Å². The van der Waals surface area contributed by atoms with Crippen molar-refractivity contribution in [2.75, 3.05) is 20.6 Å². The van der Waals surface area contributed by atoms with Crippen molar-refractivity contribution >= 4 is 0 Å². The van der Waals surface area contributed by atoms with Gasteiger partial charge in [0.1, 0.15) is 0 Å². The second-order valence-electron chi connectivity index (χ2n) is 4.11. The van der Waals surface area contributed by atoms with Gasteiger partial charge in [-0.3, -0.25) is 0 Å². The summed E-state index contributed by atoms with van der Waals surface area (Å²) in [6, 6.07) is 1.35. The maximum Gasteiger partial charge on any atom is 0.0186 e. The van der Waals surface area contributed by atoms with Gasteiger partial charge >= 0.3 is 0 Å². The van der Waals surface area contributed by atoms with Crippen LogP contribution in [0.2, 0.25) is 0 Å². The lowest BCUT2D eigenvalue weighted by atomic mass is 10.1. The van der Waals surface area contributed by atoms with E-state index >= 15 is 0 Å². The topological polar surface area (TPSA) is 15.3 Å². The molecule has 0 saturated carbocycles. The zero-order chi connectivity index (χ0) is 10.3. The third-order valence-electron chi connectivity index (χ3n) is 2.71. The van der Waals surface area contributed by atoms with E-state index in [1.807, 2.05) is 0 Å². The fraction of sp³-hybridized carbons (Fsp3) is 1.00. The van der Waals surface area contributed by atoms with Gasteiger partial charge in [0.25, 0.3) is 0 Å². The van der Waals surface area contributed by atoms with Crippen molar-refractivity contribution in [1.29, 1.82) is 0 Å². The lowest BCUT2D eigenvalue weighted by molar-refractivity contribution is 0.288. The third-order valence-corrected chi connectivity index (χ3v) is 2.71. The summed E-state index contributed by atoms with van der Waals surface area (Å²) in [5, 5.41) is 3.61. The Morgan fingerprint density at radius 3 is 2.23 bits per heavy atom. The maximum atomic E-state index is 3.61. The van der Waals surface area contributed by atoms with Gasteiger partial charge in [-0.05, 0) is 33.9 Å². The molecule has 0 aromatic rings. The molecule has 0 aliphatic rings. The minimum Gasteiger partial charge on any atom is -0.312 e. The molecule has 2 atom stereocenters. The average Bonchev–Trinajstić information content (AvgIpc) is 2.11. The van der Waals surface area contributed by atoms with Gasteiger partial charge < -0.3 is 10.2 Å². The van der Waals surface area contributed by atoms with Crippen molar-refractivity contribution in [1.82, 2.24) is 10.2 Å². The summed E-state index contributed by atoms with van der Waals surface area (Å²) >= 11 is 0. The normalized spacial score (nSPS) is 16.2. The Bertz CT molecular complexity index is 113. The predicted octanol–water partition coefficient (Wildman–Crippen LogP) is 2.10. The number of likely N-dealkylation sites (N-methyl/N-ethyl adjacent to an activating group) is 1. The van der Waals surface area contributed by atoms with Crippen LogP contribution in [0.25, 0.3) is 0 Å². The van der Waals surface area contributed by atoms with E-state index in [1.165, 1.54) is 19.3 Å². The first-order valence-corrected chi connectivity index (χ1v) is 5.51. The molecular formula is C11H26N2. The summed E-state index contributed by atoms with van der Waals surface area (Å²) in [5.74, 6) is 0. The summed E-state index contributed by atoms with van der Waals surface area (Å²) in [6.45, 7) is 7.87. The molecule has 0 aliphatic heterocycles. The molecule has 0 bridgehead atoms. The highest BCUT2D eigenvalue weighted by atomic mass is 15.1. The molecule has 0 aliphatic carbocycles. The molecule has 2 nitrogen and oxygen atoms in total. The van der Waals surface area contributed by atoms with Crippen molar-refractivity contribution in [3.63, 3.8) is 0 Å². The van der Waals surface area contributed by atoms with E-state index in [4.69, 9.17) is 0 Å². The minimum absolute atomic E-state index is 0.630. The van der Waals surface area contributed by atoms with Crippen LogP contribution in [0.5, 0.6) is 0 Å². The van der Waals surface area contributed by atoms with Gasteiger partial charge in [0.05, 0.1) is 0 Å². The zero-order valence-corrected chi connectivity index (χ0v) is 9.93. The molecule has 0 amide bonds. The lowest BCUT2D eigenvalue weighted by Gasteiger charge is -2.23. The van der Waals surface area contributed by atoms with E-state index in [1.54, 1.807) is 0 Å². The largest absolute Gasteiger partial charge is 0.312 e. The second-order valence-corrected chi connectivity index (χ2v) is 4.11. The molecule has 0 heterocycles. The van der Waals surface area contributed by atoms with Crippen LogP contribution in [0.4, 0.5) is 0 Å². The first kappa shape index (κ1) is 12.9. The van der Waals surface area contributed by atoms with Crippen molar-refractivity contribution in [2.45, 2.75) is 52.1 Å². The summed E-state index contributed by atoms with van der Waals surface area (Å²) in [5.41, 5.74) is 0. The van der Waals surface area contributed by atoms with E-state index in [9.17, 15) is 0 Å². The van der Waals surface area contributed by atoms with Gasteiger partial charge in [0, 0.05) is 18.6 Å². The first-order chi connectivity index (χ1) is 6.11. The van der Waals surface area contributed by atoms with Crippen LogP contribution in [0.15, 0.2) is 0 Å². The van der Waals surface area contributed by atoms with Gasteiger partial charge in [0.15, 0.2) is 0 Å². The molecule has 0 radical (unpaired) electrons. The van der Waals surface area contributed by atoms with Crippen molar-refractivity contribution < 1.29 is 0 Å². The molecule has 2 unspecified atom stereocenters. The summed E-state index contributed by atoms with van der Waals surface area (Å²) in [7, 11) is 4.26. The Morgan fingerprint density at radius 1 is 1.23 bits per heavy atom. The standard InChI is InChI=1S/C11H26N2/c1-6-8-11(7-2)12-9-10(3)13(4)5/h10-12H,6-9H2,1-5H3. The van der Waals surface area contributed by atoms with E-state index in [0.29, 0.717) is 12.1 Å². The highest BCUT2D eigenvalue weighted by molar-refractivity contribution is 4.69. The number of nitrogens with one attached hydrogen (secondary N) is 1. The van der Waals surface area contributed by atoms with Crippen molar-refractivity contribution in [3.8, 4) is 0 Å². The summed E-state index contributed by atoms with van der Waals surface area (Å²) in [6.07, 6.45) is 3.83. The molecule has 13 heavy (non-hydrogen) atoms. The van der Waals surface area contributed by atoms with E-state index < -0.39 is 0 Å². The number of rotatable bonds is 7. The SMILES string of the molecule is CCCC(CC)NCC(C)N(C)C. The van der Waals surface area contributed by atoms with Gasteiger partial charge in [-0.2, -0.15) is 0 Å². The molecule has 0 aromatic heterocycles. The van der Waals surface area contributed by atoms with Gasteiger partial charge in [-0.25, -0.2) is 0 Å². The quantitative estimate of drug-likeness (QED) is 0.655. The molecule has 0 saturated heterocycles. The molecule has 0 fully saturated rings. The molecule has 0 aromatic carbocycles. The zero-order valence-electron chi connectivity index (χ0n) is 9.93. The Balaban J connectivity index is 3.58. The van der Waals surface area contributed by atoms with Crippen LogP contribution in [0.1, 0.15) is 40.0 Å². The van der Waals surface area contributed by atoms with Crippen LogP contribution >= 0.6 is 0 Å². The van der Waals surface area contributed by atoms with Gasteiger partial charge in [0.2, 0.25) is 0 Å². The van der Waals surface area contributed by atoms with Crippen LogP contribution in [-0.2, 0) is 0 Å². The lowest BCUT2D eigenvalue weighted by Crippen LogP contribution is -2.40. The fourth-order valence-electron chi connectivity index (χ4n) is 1.32. The van der Waals surface area contributed by atoms with Gasteiger partial charge in [-0.1, -0.05) is 20.3 Å². The number of hydrogen-bond acceptors (Lipinski definition) is 2. The van der Waals surface area contributed by atoms with Crippen molar-refractivity contribution in [2.24, 2.45) is 0 Å². The maximum absolute atomic E-state index is 3.61. The Hall–Kier alpha value is -0.0800. The molecule has 0 rings (SSSR count). The second kappa shape index (κ2) is 7.34. The first-order valence-electron chi connectivity index (χ1n) is 5.51. The highest BCUT2D eigenvalue weighted by Gasteiger charge is 2.08. The average molecular weight is 186 g/mol. The molecular weight excluding hydrogens is 160 g/mol. The van der Waals surface area contributed by atoms with Crippen LogP contribution < -0.4 is 5.32 Å². The third kappa shape index (κ3) is 6.05. The Labute approximate surface area is 83.7 Å². The van der Waals surface area contributed by atoms with Crippen LogP contribution in [-0.4, -0.2) is 37.6 Å². The van der Waals surface area contributed by atoms with Crippen LogP contribution in [0, 0.1) is 0 Å². The smallest absolute Gasteiger partial charge is 0.0186 e. The van der Waals surface area contributed by atoms with E-state index in [0.717, 1.165) is 6.54 Å².